The fraction of sp³-hybridized carbons (Fsp3) is 0.500. The minimum absolute atomic E-state index is 0.192. The molecule has 0 saturated carbocycles. The molecule has 0 unspecified atom stereocenters. The maximum Gasteiger partial charge on any atom is 0.187 e. The van der Waals surface area contributed by atoms with Crippen LogP contribution in [0.4, 0.5) is 0 Å². The maximum absolute atomic E-state index is 11.7. The molecule has 1 aromatic heterocycles. The van der Waals surface area contributed by atoms with E-state index in [4.69, 9.17) is 5.73 Å². The fourth-order valence-electron chi connectivity index (χ4n) is 1.00. The average Bonchev–Trinajstić information content (AvgIpc) is 2.53. The summed E-state index contributed by atoms with van der Waals surface area (Å²) in [6.07, 6.45) is 1.39. The minimum atomic E-state index is -3.08. The van der Waals surface area contributed by atoms with Gasteiger partial charge in [0.1, 0.15) is 4.21 Å². The number of hydrogen-bond donors (Lipinski definition) is 1. The number of thiophene rings is 1. The van der Waals surface area contributed by atoms with Crippen molar-refractivity contribution in [2.45, 2.75) is 17.1 Å². The molecule has 1 aromatic rings. The zero-order valence-electron chi connectivity index (χ0n) is 7.57. The van der Waals surface area contributed by atoms with Crippen LogP contribution in [0.2, 0.25) is 0 Å². The van der Waals surface area contributed by atoms with Crippen molar-refractivity contribution in [2.24, 2.45) is 5.73 Å². The van der Waals surface area contributed by atoms with Crippen LogP contribution in [0, 0.1) is 0 Å². The van der Waals surface area contributed by atoms with Crippen LogP contribution in [0.5, 0.6) is 0 Å². The number of hydrogen-bond acceptors (Lipinski definition) is 4. The Hall–Kier alpha value is 0.0900. The summed E-state index contributed by atoms with van der Waals surface area (Å²) >= 11 is 4.49. The molecule has 6 heteroatoms. The molecule has 2 N–H and O–H groups in total. The van der Waals surface area contributed by atoms with Crippen LogP contribution in [-0.2, 0) is 9.84 Å². The molecule has 3 nitrogen and oxygen atoms in total. The Morgan fingerprint density at radius 3 is 2.57 bits per heavy atom. The van der Waals surface area contributed by atoms with E-state index in [-0.39, 0.29) is 5.75 Å². The van der Waals surface area contributed by atoms with Crippen molar-refractivity contribution in [3.8, 4) is 0 Å². The fourth-order valence-corrected chi connectivity index (χ4v) is 4.53. The van der Waals surface area contributed by atoms with Crippen molar-refractivity contribution in [3.05, 3.63) is 15.9 Å². The van der Waals surface area contributed by atoms with Crippen LogP contribution in [0.3, 0.4) is 0 Å². The van der Waals surface area contributed by atoms with Gasteiger partial charge in [0.2, 0.25) is 0 Å². The Labute approximate surface area is 96.4 Å². The van der Waals surface area contributed by atoms with Crippen LogP contribution in [0.15, 0.2) is 20.1 Å². The van der Waals surface area contributed by atoms with Gasteiger partial charge < -0.3 is 5.73 Å². The molecule has 0 aliphatic rings. The third-order valence-corrected chi connectivity index (χ3v) is 5.73. The van der Waals surface area contributed by atoms with Gasteiger partial charge in [-0.1, -0.05) is 0 Å². The molecule has 14 heavy (non-hydrogen) atoms. The Morgan fingerprint density at radius 2 is 2.07 bits per heavy atom. The molecule has 0 aliphatic carbocycles. The van der Waals surface area contributed by atoms with E-state index in [0.29, 0.717) is 17.2 Å². The Morgan fingerprint density at radius 1 is 1.36 bits per heavy atom. The van der Waals surface area contributed by atoms with Gasteiger partial charge in [0.05, 0.1) is 9.54 Å². The van der Waals surface area contributed by atoms with Gasteiger partial charge in [-0.15, -0.1) is 11.3 Å². The molecular weight excluding hydrogens is 286 g/mol. The molecule has 0 amide bonds. The van der Waals surface area contributed by atoms with Crippen molar-refractivity contribution in [2.75, 3.05) is 12.3 Å². The largest absolute Gasteiger partial charge is 0.330 e. The topological polar surface area (TPSA) is 60.2 Å². The summed E-state index contributed by atoms with van der Waals surface area (Å²) in [5, 5.41) is 0. The zero-order chi connectivity index (χ0) is 10.6. The highest BCUT2D eigenvalue weighted by molar-refractivity contribution is 9.11. The van der Waals surface area contributed by atoms with E-state index in [1.54, 1.807) is 12.1 Å². The van der Waals surface area contributed by atoms with E-state index in [2.05, 4.69) is 15.9 Å². The molecular formula is C8H12BrNO2S2. The minimum Gasteiger partial charge on any atom is -0.330 e. The molecule has 0 radical (unpaired) electrons. The van der Waals surface area contributed by atoms with Crippen molar-refractivity contribution in [3.63, 3.8) is 0 Å². The predicted molar refractivity (Wildman–Crippen MR) is 62.4 cm³/mol. The van der Waals surface area contributed by atoms with Crippen molar-refractivity contribution < 1.29 is 8.42 Å². The van der Waals surface area contributed by atoms with E-state index in [9.17, 15) is 8.42 Å². The molecule has 0 aromatic carbocycles. The summed E-state index contributed by atoms with van der Waals surface area (Å²) < 4.78 is 24.6. The predicted octanol–water partition coefficient (Wildman–Crippen LogP) is 2.02. The highest BCUT2D eigenvalue weighted by atomic mass is 79.9. The van der Waals surface area contributed by atoms with E-state index in [0.717, 1.165) is 10.2 Å². The first-order valence-electron chi connectivity index (χ1n) is 4.24. The van der Waals surface area contributed by atoms with Crippen LogP contribution < -0.4 is 5.73 Å². The molecule has 0 spiro atoms. The second kappa shape index (κ2) is 5.25. The molecule has 0 aliphatic heterocycles. The van der Waals surface area contributed by atoms with Gasteiger partial charge in [0, 0.05) is 0 Å². The van der Waals surface area contributed by atoms with Crippen LogP contribution >= 0.6 is 27.3 Å². The molecule has 0 bridgehead atoms. The zero-order valence-corrected chi connectivity index (χ0v) is 10.8. The van der Waals surface area contributed by atoms with Gasteiger partial charge in [0.15, 0.2) is 9.84 Å². The standard InChI is InChI=1S/C8H12BrNO2S2/c9-7-3-4-8(13-7)14(11,12)6-2-1-5-10/h3-4H,1-2,5-6,10H2. The molecule has 1 heterocycles. The highest BCUT2D eigenvalue weighted by Gasteiger charge is 2.15. The van der Waals surface area contributed by atoms with Gasteiger partial charge in [-0.25, -0.2) is 8.42 Å². The van der Waals surface area contributed by atoms with E-state index in [1.807, 2.05) is 0 Å². The summed E-state index contributed by atoms with van der Waals surface area (Å²) in [5.41, 5.74) is 5.30. The lowest BCUT2D eigenvalue weighted by Gasteiger charge is -1.99. The number of nitrogens with two attached hydrogens (primary N) is 1. The van der Waals surface area contributed by atoms with Crippen molar-refractivity contribution in [1.82, 2.24) is 0 Å². The van der Waals surface area contributed by atoms with Crippen LogP contribution in [0.1, 0.15) is 12.8 Å². The lowest BCUT2D eigenvalue weighted by molar-refractivity contribution is 0.594. The normalized spacial score (nSPS) is 11.9. The van der Waals surface area contributed by atoms with Gasteiger partial charge in [0.25, 0.3) is 0 Å². The van der Waals surface area contributed by atoms with E-state index in [1.165, 1.54) is 11.3 Å². The monoisotopic (exact) mass is 297 g/mol. The summed E-state index contributed by atoms with van der Waals surface area (Å²) in [6.45, 7) is 0.545. The van der Waals surface area contributed by atoms with Crippen LogP contribution in [-0.4, -0.2) is 20.7 Å². The summed E-state index contributed by atoms with van der Waals surface area (Å²) in [6, 6.07) is 3.38. The molecule has 0 atom stereocenters. The van der Waals surface area contributed by atoms with Gasteiger partial charge in [-0.2, -0.15) is 0 Å². The smallest absolute Gasteiger partial charge is 0.187 e. The molecule has 1 rings (SSSR count). The summed E-state index contributed by atoms with van der Waals surface area (Å²) in [7, 11) is -3.08. The number of unbranched alkanes of at least 4 members (excludes halogenated alkanes) is 1. The first kappa shape index (κ1) is 12.2. The van der Waals surface area contributed by atoms with Gasteiger partial charge in [-0.05, 0) is 47.4 Å². The first-order valence-corrected chi connectivity index (χ1v) is 7.50. The first-order chi connectivity index (χ1) is 6.56. The Kier molecular flexibility index (Phi) is 4.56. The molecule has 0 fully saturated rings. The van der Waals surface area contributed by atoms with E-state index < -0.39 is 9.84 Å². The Bertz CT molecular complexity index is 386. The molecule has 0 saturated heterocycles. The highest BCUT2D eigenvalue weighted by Crippen LogP contribution is 2.27. The lowest BCUT2D eigenvalue weighted by Crippen LogP contribution is -2.07. The number of sulfone groups is 1. The van der Waals surface area contributed by atoms with Crippen LogP contribution in [0.25, 0.3) is 0 Å². The second-order valence-electron chi connectivity index (χ2n) is 2.87. The van der Waals surface area contributed by atoms with Gasteiger partial charge >= 0.3 is 0 Å². The number of rotatable bonds is 5. The maximum atomic E-state index is 11.7. The van der Waals surface area contributed by atoms with E-state index >= 15 is 0 Å². The lowest BCUT2D eigenvalue weighted by atomic mass is 10.3. The third kappa shape index (κ3) is 3.34. The quantitative estimate of drug-likeness (QED) is 0.846. The number of halogens is 1. The molecule has 80 valence electrons. The second-order valence-corrected chi connectivity index (χ2v) is 7.67. The average molecular weight is 298 g/mol. The summed E-state index contributed by atoms with van der Waals surface area (Å²) in [5.74, 6) is 0.192. The van der Waals surface area contributed by atoms with Gasteiger partial charge in [-0.3, -0.25) is 0 Å². The van der Waals surface area contributed by atoms with Crippen molar-refractivity contribution in [1.29, 1.82) is 0 Å². The Balaban J connectivity index is 2.66. The SMILES string of the molecule is NCCCCS(=O)(=O)c1ccc(Br)s1. The summed E-state index contributed by atoms with van der Waals surface area (Å²) in [4.78, 5) is 0. The third-order valence-electron chi connectivity index (χ3n) is 1.72. The van der Waals surface area contributed by atoms with Crippen molar-refractivity contribution >= 4 is 37.1 Å².